The number of carbonyl (C=O) groups excluding carboxylic acids is 1. The van der Waals surface area contributed by atoms with E-state index in [0.717, 1.165) is 15.6 Å². The summed E-state index contributed by atoms with van der Waals surface area (Å²) >= 11 is 3.41. The molecular weight excluding hydrogens is 332 g/mol. The molecule has 0 bridgehead atoms. The van der Waals surface area contributed by atoms with E-state index in [2.05, 4.69) is 21.2 Å². The van der Waals surface area contributed by atoms with E-state index in [-0.39, 0.29) is 5.91 Å². The Morgan fingerprint density at radius 3 is 2.57 bits per heavy atom. The van der Waals surface area contributed by atoms with Crippen molar-refractivity contribution in [3.8, 4) is 5.75 Å². The van der Waals surface area contributed by atoms with Crippen LogP contribution in [0.25, 0.3) is 0 Å². The zero-order chi connectivity index (χ0) is 15.6. The van der Waals surface area contributed by atoms with E-state index < -0.39 is 0 Å². The van der Waals surface area contributed by atoms with Gasteiger partial charge in [0.2, 0.25) is 0 Å². The Bertz CT molecular complexity index is 699. The molecule has 0 fully saturated rings. The second kappa shape index (κ2) is 6.18. The lowest BCUT2D eigenvalue weighted by atomic mass is 10.1. The average Bonchev–Trinajstić information content (AvgIpc) is 2.43. The van der Waals surface area contributed by atoms with Gasteiger partial charge in [-0.25, -0.2) is 0 Å². The lowest BCUT2D eigenvalue weighted by Crippen LogP contribution is -2.15. The van der Waals surface area contributed by atoms with Gasteiger partial charge < -0.3 is 15.8 Å². The zero-order valence-electron chi connectivity index (χ0n) is 12.2. The van der Waals surface area contributed by atoms with Crippen LogP contribution in [0.15, 0.2) is 34.8 Å². The van der Waals surface area contributed by atoms with Crippen LogP contribution in [-0.4, -0.2) is 13.0 Å². The Kier molecular flexibility index (Phi) is 4.53. The SMILES string of the molecule is COc1cc(Br)cc(C)c1NC(=O)c1cc(N)ccc1C. The number of carbonyl (C=O) groups is 1. The molecule has 2 aromatic rings. The van der Waals surface area contributed by atoms with Crippen molar-refractivity contribution in [2.24, 2.45) is 0 Å². The van der Waals surface area contributed by atoms with Gasteiger partial charge in [-0.15, -0.1) is 0 Å². The predicted octanol–water partition coefficient (Wildman–Crippen LogP) is 3.91. The second-order valence-electron chi connectivity index (χ2n) is 4.83. The smallest absolute Gasteiger partial charge is 0.256 e. The molecule has 0 unspecified atom stereocenters. The van der Waals surface area contributed by atoms with Gasteiger partial charge in [0.15, 0.2) is 0 Å². The number of nitrogens with one attached hydrogen (secondary N) is 1. The molecule has 0 saturated carbocycles. The molecule has 0 aliphatic rings. The quantitative estimate of drug-likeness (QED) is 0.826. The maximum Gasteiger partial charge on any atom is 0.256 e. The number of aryl methyl sites for hydroxylation is 2. The van der Waals surface area contributed by atoms with Crippen LogP contribution < -0.4 is 15.8 Å². The number of halogens is 1. The molecule has 0 aromatic heterocycles. The van der Waals surface area contributed by atoms with Gasteiger partial charge in [0, 0.05) is 15.7 Å². The minimum Gasteiger partial charge on any atom is -0.495 e. The first-order chi connectivity index (χ1) is 9.92. The Morgan fingerprint density at radius 2 is 1.90 bits per heavy atom. The van der Waals surface area contributed by atoms with Crippen molar-refractivity contribution in [2.75, 3.05) is 18.2 Å². The number of nitrogen functional groups attached to an aromatic ring is 1. The van der Waals surface area contributed by atoms with Crippen molar-refractivity contribution < 1.29 is 9.53 Å². The topological polar surface area (TPSA) is 64.3 Å². The Hall–Kier alpha value is -2.01. The lowest BCUT2D eigenvalue weighted by Gasteiger charge is -2.14. The molecule has 0 atom stereocenters. The summed E-state index contributed by atoms with van der Waals surface area (Å²) in [6, 6.07) is 9.01. The molecule has 2 rings (SSSR count). The standard InChI is InChI=1S/C16H17BrN2O2/c1-9-4-5-12(18)8-13(9)16(20)19-15-10(2)6-11(17)7-14(15)21-3/h4-8H,18H2,1-3H3,(H,19,20). The van der Waals surface area contributed by atoms with E-state index in [0.29, 0.717) is 22.7 Å². The molecule has 0 saturated heterocycles. The number of hydrogen-bond donors (Lipinski definition) is 2. The molecule has 4 nitrogen and oxygen atoms in total. The zero-order valence-corrected chi connectivity index (χ0v) is 13.7. The fraction of sp³-hybridized carbons (Fsp3) is 0.188. The summed E-state index contributed by atoms with van der Waals surface area (Å²) in [7, 11) is 1.57. The first-order valence-corrected chi connectivity index (χ1v) is 7.23. The number of amides is 1. The van der Waals surface area contributed by atoms with Crippen LogP contribution in [0.5, 0.6) is 5.75 Å². The predicted molar refractivity (Wildman–Crippen MR) is 89.0 cm³/mol. The van der Waals surface area contributed by atoms with E-state index in [9.17, 15) is 4.79 Å². The highest BCUT2D eigenvalue weighted by molar-refractivity contribution is 9.10. The number of anilines is 2. The summed E-state index contributed by atoms with van der Waals surface area (Å²) in [5.74, 6) is 0.403. The average molecular weight is 349 g/mol. The largest absolute Gasteiger partial charge is 0.495 e. The van der Waals surface area contributed by atoms with Crippen LogP contribution in [0.1, 0.15) is 21.5 Å². The van der Waals surface area contributed by atoms with Crippen LogP contribution >= 0.6 is 15.9 Å². The fourth-order valence-corrected chi connectivity index (χ4v) is 2.65. The summed E-state index contributed by atoms with van der Waals surface area (Å²) in [6.45, 7) is 3.79. The highest BCUT2D eigenvalue weighted by Crippen LogP contribution is 2.32. The van der Waals surface area contributed by atoms with Crippen molar-refractivity contribution in [1.82, 2.24) is 0 Å². The van der Waals surface area contributed by atoms with Crippen molar-refractivity contribution in [1.29, 1.82) is 0 Å². The Labute approximate surface area is 132 Å². The summed E-state index contributed by atoms with van der Waals surface area (Å²) in [5.41, 5.74) is 9.31. The van der Waals surface area contributed by atoms with Crippen molar-refractivity contribution in [3.63, 3.8) is 0 Å². The minimum absolute atomic E-state index is 0.205. The molecular formula is C16H17BrN2O2. The molecule has 0 radical (unpaired) electrons. The first kappa shape index (κ1) is 15.4. The number of rotatable bonds is 3. The monoisotopic (exact) mass is 348 g/mol. The van der Waals surface area contributed by atoms with Gasteiger partial charge in [-0.05, 0) is 49.2 Å². The third-order valence-electron chi connectivity index (χ3n) is 3.23. The Morgan fingerprint density at radius 1 is 1.19 bits per heavy atom. The van der Waals surface area contributed by atoms with Gasteiger partial charge in [-0.2, -0.15) is 0 Å². The number of methoxy groups -OCH3 is 1. The Balaban J connectivity index is 2.38. The number of benzene rings is 2. The van der Waals surface area contributed by atoms with E-state index in [1.807, 2.05) is 32.0 Å². The molecule has 0 aliphatic heterocycles. The highest BCUT2D eigenvalue weighted by Gasteiger charge is 2.15. The molecule has 2 aromatic carbocycles. The van der Waals surface area contributed by atoms with Gasteiger partial charge in [0.05, 0.1) is 12.8 Å². The van der Waals surface area contributed by atoms with E-state index >= 15 is 0 Å². The van der Waals surface area contributed by atoms with E-state index in [1.165, 1.54) is 0 Å². The molecule has 1 amide bonds. The number of nitrogens with two attached hydrogens (primary N) is 1. The van der Waals surface area contributed by atoms with Crippen molar-refractivity contribution >= 4 is 33.2 Å². The summed E-state index contributed by atoms with van der Waals surface area (Å²) in [6.07, 6.45) is 0. The van der Waals surface area contributed by atoms with Crippen LogP contribution in [0.3, 0.4) is 0 Å². The van der Waals surface area contributed by atoms with Crippen LogP contribution in [0, 0.1) is 13.8 Å². The molecule has 21 heavy (non-hydrogen) atoms. The summed E-state index contributed by atoms with van der Waals surface area (Å²) in [4.78, 5) is 12.5. The number of ether oxygens (including phenoxy) is 1. The second-order valence-corrected chi connectivity index (χ2v) is 5.74. The maximum atomic E-state index is 12.5. The summed E-state index contributed by atoms with van der Waals surface area (Å²) < 4.78 is 6.23. The molecule has 110 valence electrons. The van der Waals surface area contributed by atoms with Crippen LogP contribution in [-0.2, 0) is 0 Å². The van der Waals surface area contributed by atoms with Crippen LogP contribution in [0.2, 0.25) is 0 Å². The number of hydrogen-bond acceptors (Lipinski definition) is 3. The van der Waals surface area contributed by atoms with Crippen molar-refractivity contribution in [2.45, 2.75) is 13.8 Å². The van der Waals surface area contributed by atoms with Crippen LogP contribution in [0.4, 0.5) is 11.4 Å². The molecule has 0 heterocycles. The normalized spacial score (nSPS) is 10.3. The fourth-order valence-electron chi connectivity index (χ4n) is 2.10. The minimum atomic E-state index is -0.205. The van der Waals surface area contributed by atoms with Crippen molar-refractivity contribution in [3.05, 3.63) is 51.5 Å². The maximum absolute atomic E-state index is 12.5. The first-order valence-electron chi connectivity index (χ1n) is 6.44. The highest BCUT2D eigenvalue weighted by atomic mass is 79.9. The molecule has 0 aliphatic carbocycles. The molecule has 0 spiro atoms. The lowest BCUT2D eigenvalue weighted by molar-refractivity contribution is 0.102. The molecule has 5 heteroatoms. The van der Waals surface area contributed by atoms with Gasteiger partial charge in [-0.1, -0.05) is 22.0 Å². The van der Waals surface area contributed by atoms with Gasteiger partial charge >= 0.3 is 0 Å². The van der Waals surface area contributed by atoms with Gasteiger partial charge in [0.25, 0.3) is 5.91 Å². The molecule has 3 N–H and O–H groups in total. The van der Waals surface area contributed by atoms with Gasteiger partial charge in [0.1, 0.15) is 5.75 Å². The third kappa shape index (κ3) is 3.36. The van der Waals surface area contributed by atoms with E-state index in [1.54, 1.807) is 19.2 Å². The van der Waals surface area contributed by atoms with Gasteiger partial charge in [-0.3, -0.25) is 4.79 Å². The third-order valence-corrected chi connectivity index (χ3v) is 3.69. The van der Waals surface area contributed by atoms with E-state index in [4.69, 9.17) is 10.5 Å². The summed E-state index contributed by atoms with van der Waals surface area (Å²) in [5, 5.41) is 2.90.